The second-order valence-electron chi connectivity index (χ2n) is 10.0. The molecule has 0 spiro atoms. The molecule has 2 amide bonds. The van der Waals surface area contributed by atoms with Crippen LogP contribution in [0.3, 0.4) is 0 Å². The number of carbonyl (C=O) groups excluding carboxylic acids is 2. The number of nitrogens with zero attached hydrogens (tertiary/aromatic N) is 1. The lowest BCUT2D eigenvalue weighted by atomic mass is 9.86. The smallest absolute Gasteiger partial charge is 0.256 e. The van der Waals surface area contributed by atoms with Gasteiger partial charge in [-0.1, -0.05) is 36.8 Å². The SMILES string of the molecule is COc1cc(NC(=O)C[C@H]2C[C@H]3CC[C@H]2C3)c(C(=O)N2CCC[C@@H]2c2ccccc2)cc1OC. The highest BCUT2D eigenvalue weighted by Gasteiger charge is 2.40. The Hall–Kier alpha value is -3.02. The Kier molecular flexibility index (Phi) is 6.48. The largest absolute Gasteiger partial charge is 0.493 e. The van der Waals surface area contributed by atoms with Crippen LogP contribution in [0.5, 0.6) is 11.5 Å². The molecule has 1 N–H and O–H groups in total. The van der Waals surface area contributed by atoms with Crippen molar-refractivity contribution >= 4 is 17.5 Å². The number of nitrogens with one attached hydrogen (secondary N) is 1. The number of ether oxygens (including phenoxy) is 2. The third kappa shape index (κ3) is 4.38. The second kappa shape index (κ2) is 9.69. The maximum atomic E-state index is 13.8. The average Bonchev–Trinajstić information content (AvgIpc) is 3.61. The van der Waals surface area contributed by atoms with Crippen molar-refractivity contribution in [3.63, 3.8) is 0 Å². The Bertz CT molecular complexity index is 1050. The fourth-order valence-electron chi connectivity index (χ4n) is 6.41. The zero-order chi connectivity index (χ0) is 23.7. The number of fused-ring (bicyclic) bond motifs is 2. The molecule has 6 heteroatoms. The molecule has 2 aliphatic carbocycles. The Morgan fingerprint density at radius 2 is 1.76 bits per heavy atom. The number of methoxy groups -OCH3 is 2. The zero-order valence-electron chi connectivity index (χ0n) is 20.1. The summed E-state index contributed by atoms with van der Waals surface area (Å²) < 4.78 is 11.0. The predicted molar refractivity (Wildman–Crippen MR) is 131 cm³/mol. The van der Waals surface area contributed by atoms with E-state index >= 15 is 0 Å². The minimum absolute atomic E-state index is 0.0272. The molecule has 2 bridgehead atoms. The van der Waals surface area contributed by atoms with Gasteiger partial charge in [0, 0.05) is 19.0 Å². The van der Waals surface area contributed by atoms with Gasteiger partial charge < -0.3 is 19.7 Å². The molecule has 1 heterocycles. The van der Waals surface area contributed by atoms with Crippen LogP contribution in [0.25, 0.3) is 0 Å². The first-order valence-electron chi connectivity index (χ1n) is 12.5. The van der Waals surface area contributed by atoms with E-state index < -0.39 is 0 Å². The van der Waals surface area contributed by atoms with Crippen LogP contribution in [-0.2, 0) is 4.79 Å². The molecule has 0 unspecified atom stereocenters. The lowest BCUT2D eigenvalue weighted by Crippen LogP contribution is -2.31. The Morgan fingerprint density at radius 3 is 2.44 bits per heavy atom. The summed E-state index contributed by atoms with van der Waals surface area (Å²) in [7, 11) is 3.12. The minimum Gasteiger partial charge on any atom is -0.493 e. The summed E-state index contributed by atoms with van der Waals surface area (Å²) in [4.78, 5) is 28.8. The highest BCUT2D eigenvalue weighted by atomic mass is 16.5. The van der Waals surface area contributed by atoms with Gasteiger partial charge in [0.1, 0.15) is 0 Å². The molecule has 34 heavy (non-hydrogen) atoms. The number of hydrogen-bond acceptors (Lipinski definition) is 4. The average molecular weight is 463 g/mol. The summed E-state index contributed by atoms with van der Waals surface area (Å²) in [6.45, 7) is 0.686. The lowest BCUT2D eigenvalue weighted by molar-refractivity contribution is -0.117. The number of rotatable bonds is 7. The lowest BCUT2D eigenvalue weighted by Gasteiger charge is -2.27. The van der Waals surface area contributed by atoms with E-state index in [1.807, 2.05) is 23.1 Å². The van der Waals surface area contributed by atoms with E-state index in [2.05, 4.69) is 17.4 Å². The first-order valence-corrected chi connectivity index (χ1v) is 12.5. The summed E-state index contributed by atoms with van der Waals surface area (Å²) in [6.07, 6.45) is 7.38. The quantitative estimate of drug-likeness (QED) is 0.594. The van der Waals surface area contributed by atoms with E-state index in [0.29, 0.717) is 47.6 Å². The van der Waals surface area contributed by atoms with Gasteiger partial charge in [-0.25, -0.2) is 0 Å². The first kappa shape index (κ1) is 22.8. The van der Waals surface area contributed by atoms with Crippen LogP contribution in [0.1, 0.15) is 66.9 Å². The van der Waals surface area contributed by atoms with Gasteiger partial charge in [-0.05, 0) is 61.5 Å². The second-order valence-corrected chi connectivity index (χ2v) is 10.0. The number of likely N-dealkylation sites (tertiary alicyclic amines) is 1. The molecule has 4 atom stereocenters. The van der Waals surface area contributed by atoms with Gasteiger partial charge in [0.25, 0.3) is 5.91 Å². The molecule has 2 aromatic rings. The molecule has 180 valence electrons. The summed E-state index contributed by atoms with van der Waals surface area (Å²) in [5.74, 6) is 2.79. The number of hydrogen-bond donors (Lipinski definition) is 1. The molecule has 3 fully saturated rings. The standard InChI is InChI=1S/C28H34N2O4/c1-33-25-16-22(28(32)30-12-6-9-24(30)19-7-4-3-5-8-19)23(17-26(25)34-2)29-27(31)15-21-14-18-10-11-20(21)13-18/h3-5,7-8,16-18,20-21,24H,6,9-15H2,1-2H3,(H,29,31)/t18-,20-,21+,24+/m0/s1. The third-order valence-electron chi connectivity index (χ3n) is 8.06. The van der Waals surface area contributed by atoms with Crippen molar-refractivity contribution in [3.8, 4) is 11.5 Å². The molecular weight excluding hydrogens is 428 g/mol. The highest BCUT2D eigenvalue weighted by Crippen LogP contribution is 2.49. The molecule has 5 rings (SSSR count). The van der Waals surface area contributed by atoms with E-state index in [9.17, 15) is 9.59 Å². The van der Waals surface area contributed by atoms with Gasteiger partial charge in [-0.15, -0.1) is 0 Å². The van der Waals surface area contributed by atoms with Gasteiger partial charge in [0.2, 0.25) is 5.91 Å². The first-order chi connectivity index (χ1) is 16.6. The fourth-order valence-corrected chi connectivity index (χ4v) is 6.41. The highest BCUT2D eigenvalue weighted by molar-refractivity contribution is 6.05. The molecule has 3 aliphatic rings. The number of carbonyl (C=O) groups is 2. The summed E-state index contributed by atoms with van der Waals surface area (Å²) in [5, 5.41) is 3.06. The predicted octanol–water partition coefficient (Wildman–Crippen LogP) is 5.45. The van der Waals surface area contributed by atoms with Crippen molar-refractivity contribution in [2.24, 2.45) is 17.8 Å². The Labute approximate surface area is 201 Å². The van der Waals surface area contributed by atoms with Crippen molar-refractivity contribution < 1.29 is 19.1 Å². The van der Waals surface area contributed by atoms with Gasteiger partial charge in [0.15, 0.2) is 11.5 Å². The van der Waals surface area contributed by atoms with Crippen LogP contribution in [0, 0.1) is 17.8 Å². The zero-order valence-corrected chi connectivity index (χ0v) is 20.1. The van der Waals surface area contributed by atoms with Crippen molar-refractivity contribution in [1.29, 1.82) is 0 Å². The third-order valence-corrected chi connectivity index (χ3v) is 8.06. The van der Waals surface area contributed by atoms with Crippen LogP contribution >= 0.6 is 0 Å². The van der Waals surface area contributed by atoms with Crippen molar-refractivity contribution in [2.45, 2.75) is 51.0 Å². The van der Waals surface area contributed by atoms with Crippen LogP contribution in [-0.4, -0.2) is 37.5 Å². The van der Waals surface area contributed by atoms with E-state index in [0.717, 1.165) is 30.7 Å². The van der Waals surface area contributed by atoms with Crippen LogP contribution < -0.4 is 14.8 Å². The maximum absolute atomic E-state index is 13.8. The molecule has 2 saturated carbocycles. The van der Waals surface area contributed by atoms with Crippen molar-refractivity contribution in [3.05, 3.63) is 53.6 Å². The molecule has 6 nitrogen and oxygen atoms in total. The normalized spacial score (nSPS) is 25.4. The summed E-state index contributed by atoms with van der Waals surface area (Å²) in [5.41, 5.74) is 2.08. The molecule has 1 aliphatic heterocycles. The molecule has 1 saturated heterocycles. The number of anilines is 1. The number of benzene rings is 2. The van der Waals surface area contributed by atoms with E-state index in [1.54, 1.807) is 26.4 Å². The Balaban J connectivity index is 1.41. The van der Waals surface area contributed by atoms with E-state index in [4.69, 9.17) is 9.47 Å². The Morgan fingerprint density at radius 1 is 1.00 bits per heavy atom. The van der Waals surface area contributed by atoms with E-state index in [1.165, 1.54) is 19.3 Å². The van der Waals surface area contributed by atoms with E-state index in [-0.39, 0.29) is 17.9 Å². The topological polar surface area (TPSA) is 67.9 Å². The molecule has 0 aromatic heterocycles. The molecule has 0 radical (unpaired) electrons. The monoisotopic (exact) mass is 462 g/mol. The molecular formula is C28H34N2O4. The molecule has 2 aromatic carbocycles. The number of amides is 2. The maximum Gasteiger partial charge on any atom is 0.256 e. The van der Waals surface area contributed by atoms with Gasteiger partial charge >= 0.3 is 0 Å². The fraction of sp³-hybridized carbons (Fsp3) is 0.500. The van der Waals surface area contributed by atoms with Crippen LogP contribution in [0.2, 0.25) is 0 Å². The van der Waals surface area contributed by atoms with Crippen molar-refractivity contribution in [1.82, 2.24) is 4.90 Å². The van der Waals surface area contributed by atoms with Gasteiger partial charge in [-0.3, -0.25) is 9.59 Å². The minimum atomic E-state index is -0.0949. The summed E-state index contributed by atoms with van der Waals surface area (Å²) >= 11 is 0. The van der Waals surface area contributed by atoms with Crippen LogP contribution in [0.15, 0.2) is 42.5 Å². The van der Waals surface area contributed by atoms with Gasteiger partial charge in [-0.2, -0.15) is 0 Å². The van der Waals surface area contributed by atoms with Crippen molar-refractivity contribution in [2.75, 3.05) is 26.1 Å². The van der Waals surface area contributed by atoms with Gasteiger partial charge in [0.05, 0.1) is 31.5 Å². The van der Waals surface area contributed by atoms with Crippen LogP contribution in [0.4, 0.5) is 5.69 Å². The summed E-state index contributed by atoms with van der Waals surface area (Å²) in [6, 6.07) is 13.6.